The van der Waals surface area contributed by atoms with Crippen LogP contribution in [-0.2, 0) is 4.79 Å². The van der Waals surface area contributed by atoms with Gasteiger partial charge in [-0.2, -0.15) is 0 Å². The minimum Gasteiger partial charge on any atom is -0.495 e. The summed E-state index contributed by atoms with van der Waals surface area (Å²) in [5.74, 6) is -0.493. The number of nitrogens with one attached hydrogen (secondary N) is 2. The standard InChI is InChI=1S/C13H15ClN2O4/c1-20-10-5-4-8(6-9(10)14)15-13(19)16-11(12(17)18)7-2-3-7/h4-7,11H,2-3H2,1H3,(H,17,18)(H2,15,16,19). The number of anilines is 1. The van der Waals surface area contributed by atoms with Gasteiger partial charge in [-0.1, -0.05) is 11.6 Å². The molecule has 1 aliphatic rings. The Balaban J connectivity index is 1.97. The number of ether oxygens (including phenoxy) is 1. The van der Waals surface area contributed by atoms with Gasteiger partial charge in [0.15, 0.2) is 0 Å². The minimum absolute atomic E-state index is 0.0257. The number of rotatable bonds is 5. The molecule has 1 fully saturated rings. The molecule has 1 aliphatic carbocycles. The van der Waals surface area contributed by atoms with Gasteiger partial charge in [0.2, 0.25) is 0 Å². The fourth-order valence-corrected chi connectivity index (χ4v) is 2.12. The number of hydrogen-bond donors (Lipinski definition) is 3. The van der Waals surface area contributed by atoms with Gasteiger partial charge < -0.3 is 20.5 Å². The van der Waals surface area contributed by atoms with E-state index in [1.54, 1.807) is 12.1 Å². The van der Waals surface area contributed by atoms with Crippen molar-refractivity contribution in [3.8, 4) is 5.75 Å². The number of methoxy groups -OCH3 is 1. The fraction of sp³-hybridized carbons (Fsp3) is 0.385. The number of carbonyl (C=O) groups is 2. The molecular formula is C13H15ClN2O4. The first-order valence-corrected chi connectivity index (χ1v) is 6.53. The molecule has 20 heavy (non-hydrogen) atoms. The lowest BCUT2D eigenvalue weighted by molar-refractivity contribution is -0.139. The number of carboxylic acid groups (broad SMARTS) is 1. The third kappa shape index (κ3) is 3.54. The van der Waals surface area contributed by atoms with Crippen LogP contribution in [0.4, 0.5) is 10.5 Å². The number of carboxylic acids is 1. The second-order valence-electron chi connectivity index (χ2n) is 4.60. The smallest absolute Gasteiger partial charge is 0.326 e. The van der Waals surface area contributed by atoms with Gasteiger partial charge in [0.1, 0.15) is 11.8 Å². The number of halogens is 1. The van der Waals surface area contributed by atoms with Crippen LogP contribution < -0.4 is 15.4 Å². The number of aliphatic carboxylic acids is 1. The maximum absolute atomic E-state index is 11.8. The largest absolute Gasteiger partial charge is 0.495 e. The Hall–Kier alpha value is -1.95. The van der Waals surface area contributed by atoms with Crippen LogP contribution in [0.1, 0.15) is 12.8 Å². The van der Waals surface area contributed by atoms with E-state index in [1.807, 2.05) is 0 Å². The maximum Gasteiger partial charge on any atom is 0.326 e. The second-order valence-corrected chi connectivity index (χ2v) is 5.01. The van der Waals surface area contributed by atoms with Crippen molar-refractivity contribution in [3.63, 3.8) is 0 Å². The molecule has 6 nitrogen and oxygen atoms in total. The zero-order valence-corrected chi connectivity index (χ0v) is 11.6. The van der Waals surface area contributed by atoms with Crippen LogP contribution in [0, 0.1) is 5.92 Å². The number of carbonyl (C=O) groups excluding carboxylic acids is 1. The van der Waals surface area contributed by atoms with Crippen molar-refractivity contribution in [3.05, 3.63) is 23.2 Å². The van der Waals surface area contributed by atoms with Gasteiger partial charge in [0, 0.05) is 5.69 Å². The average Bonchev–Trinajstić information content (AvgIpc) is 3.20. The van der Waals surface area contributed by atoms with Crippen molar-refractivity contribution < 1.29 is 19.4 Å². The van der Waals surface area contributed by atoms with Gasteiger partial charge in [0.05, 0.1) is 12.1 Å². The molecule has 2 amide bonds. The Morgan fingerprint density at radius 1 is 1.45 bits per heavy atom. The van der Waals surface area contributed by atoms with E-state index in [1.165, 1.54) is 13.2 Å². The Morgan fingerprint density at radius 3 is 2.65 bits per heavy atom. The quantitative estimate of drug-likeness (QED) is 0.778. The van der Waals surface area contributed by atoms with E-state index in [0.29, 0.717) is 16.5 Å². The van der Waals surface area contributed by atoms with Gasteiger partial charge in [-0.25, -0.2) is 9.59 Å². The summed E-state index contributed by atoms with van der Waals surface area (Å²) in [7, 11) is 1.49. The second kappa shape index (κ2) is 6.00. The third-order valence-corrected chi connectivity index (χ3v) is 3.35. The molecule has 0 bridgehead atoms. The van der Waals surface area contributed by atoms with Crippen molar-refractivity contribution in [2.24, 2.45) is 5.92 Å². The summed E-state index contributed by atoms with van der Waals surface area (Å²) >= 11 is 5.94. The first-order chi connectivity index (χ1) is 9.51. The van der Waals surface area contributed by atoms with Crippen molar-refractivity contribution in [1.82, 2.24) is 5.32 Å². The van der Waals surface area contributed by atoms with Crippen molar-refractivity contribution >= 4 is 29.3 Å². The number of hydrogen-bond acceptors (Lipinski definition) is 3. The van der Waals surface area contributed by atoms with Gasteiger partial charge in [0.25, 0.3) is 0 Å². The molecule has 1 aromatic carbocycles. The number of amides is 2. The molecular weight excluding hydrogens is 284 g/mol. The van der Waals surface area contributed by atoms with Crippen molar-refractivity contribution in [2.75, 3.05) is 12.4 Å². The lowest BCUT2D eigenvalue weighted by Gasteiger charge is -2.14. The molecule has 2 rings (SSSR count). The molecule has 3 N–H and O–H groups in total. The van der Waals surface area contributed by atoms with Crippen LogP contribution in [0.2, 0.25) is 5.02 Å². The van der Waals surface area contributed by atoms with Crippen LogP contribution in [0.5, 0.6) is 5.75 Å². The van der Waals surface area contributed by atoms with Crippen LogP contribution in [0.15, 0.2) is 18.2 Å². The van der Waals surface area contributed by atoms with Crippen LogP contribution >= 0.6 is 11.6 Å². The summed E-state index contributed by atoms with van der Waals surface area (Å²) in [5, 5.41) is 14.4. The highest BCUT2D eigenvalue weighted by atomic mass is 35.5. The molecule has 108 valence electrons. The topological polar surface area (TPSA) is 87.7 Å². The van der Waals surface area contributed by atoms with E-state index in [9.17, 15) is 9.59 Å². The normalized spacial score (nSPS) is 15.3. The molecule has 7 heteroatoms. The molecule has 1 aromatic rings. The highest BCUT2D eigenvalue weighted by molar-refractivity contribution is 6.32. The SMILES string of the molecule is COc1ccc(NC(=O)NC(C(=O)O)C2CC2)cc1Cl. The van der Waals surface area contributed by atoms with Crippen LogP contribution in [0.25, 0.3) is 0 Å². The molecule has 1 saturated carbocycles. The molecule has 0 aliphatic heterocycles. The van der Waals surface area contributed by atoms with Gasteiger partial charge in [-0.15, -0.1) is 0 Å². The monoisotopic (exact) mass is 298 g/mol. The zero-order valence-electron chi connectivity index (χ0n) is 10.9. The van der Waals surface area contributed by atoms with E-state index in [4.69, 9.17) is 21.4 Å². The average molecular weight is 299 g/mol. The van der Waals surface area contributed by atoms with Gasteiger partial charge in [-0.3, -0.25) is 0 Å². The van der Waals surface area contributed by atoms with E-state index >= 15 is 0 Å². The summed E-state index contributed by atoms with van der Waals surface area (Å²) in [6.07, 6.45) is 1.65. The van der Waals surface area contributed by atoms with E-state index in [-0.39, 0.29) is 5.92 Å². The minimum atomic E-state index is -1.02. The highest BCUT2D eigenvalue weighted by Gasteiger charge is 2.37. The molecule has 0 radical (unpaired) electrons. The molecule has 0 aromatic heterocycles. The Labute approximate surface area is 121 Å². The lowest BCUT2D eigenvalue weighted by Crippen LogP contribution is -2.44. The van der Waals surface area contributed by atoms with Gasteiger partial charge in [-0.05, 0) is 37.0 Å². The van der Waals surface area contributed by atoms with E-state index < -0.39 is 18.0 Å². The molecule has 0 heterocycles. The van der Waals surface area contributed by atoms with Gasteiger partial charge >= 0.3 is 12.0 Å². The Bertz CT molecular complexity index is 531. The number of benzene rings is 1. The molecule has 1 atom stereocenters. The zero-order chi connectivity index (χ0) is 14.7. The summed E-state index contributed by atoms with van der Waals surface area (Å²) in [4.78, 5) is 22.8. The fourth-order valence-electron chi connectivity index (χ4n) is 1.86. The summed E-state index contributed by atoms with van der Waals surface area (Å²) in [6, 6.07) is 3.37. The number of urea groups is 1. The highest BCUT2D eigenvalue weighted by Crippen LogP contribution is 2.33. The third-order valence-electron chi connectivity index (χ3n) is 3.06. The van der Waals surface area contributed by atoms with Crippen molar-refractivity contribution in [1.29, 1.82) is 0 Å². The van der Waals surface area contributed by atoms with E-state index in [0.717, 1.165) is 12.8 Å². The first-order valence-electron chi connectivity index (χ1n) is 6.15. The lowest BCUT2D eigenvalue weighted by atomic mass is 10.2. The maximum atomic E-state index is 11.8. The van der Waals surface area contributed by atoms with E-state index in [2.05, 4.69) is 10.6 Å². The predicted molar refractivity (Wildman–Crippen MR) is 74.3 cm³/mol. The Morgan fingerprint density at radius 2 is 2.15 bits per heavy atom. The Kier molecular flexibility index (Phi) is 4.34. The first kappa shape index (κ1) is 14.5. The van der Waals surface area contributed by atoms with Crippen LogP contribution in [0.3, 0.4) is 0 Å². The molecule has 1 unspecified atom stereocenters. The van der Waals surface area contributed by atoms with Crippen LogP contribution in [-0.4, -0.2) is 30.3 Å². The van der Waals surface area contributed by atoms with Crippen molar-refractivity contribution in [2.45, 2.75) is 18.9 Å². The molecule has 0 saturated heterocycles. The summed E-state index contributed by atoms with van der Waals surface area (Å²) in [5.41, 5.74) is 0.466. The summed E-state index contributed by atoms with van der Waals surface area (Å²) < 4.78 is 5.00. The predicted octanol–water partition coefficient (Wildman–Crippen LogP) is 2.33. The summed E-state index contributed by atoms with van der Waals surface area (Å²) in [6.45, 7) is 0. The molecule has 0 spiro atoms.